The van der Waals surface area contributed by atoms with Crippen molar-refractivity contribution in [1.29, 1.82) is 0 Å². The zero-order valence-corrected chi connectivity index (χ0v) is 14.7. The average molecular weight is 367 g/mol. The van der Waals surface area contributed by atoms with Crippen LogP contribution in [-0.4, -0.2) is 10.1 Å². The van der Waals surface area contributed by atoms with Gasteiger partial charge in [-0.3, -0.25) is 4.79 Å². The summed E-state index contributed by atoms with van der Waals surface area (Å²) in [5, 5.41) is 6.35. The predicted molar refractivity (Wildman–Crippen MR) is 98.2 cm³/mol. The molecule has 0 amide bonds. The minimum absolute atomic E-state index is 0.219. The molecular formula is C15H11ClN2OS3. The van der Waals surface area contributed by atoms with Crippen LogP contribution in [0.5, 0.6) is 0 Å². The zero-order valence-electron chi connectivity index (χ0n) is 11.5. The van der Waals surface area contributed by atoms with Crippen LogP contribution in [0.1, 0.15) is 14.5 Å². The van der Waals surface area contributed by atoms with Crippen LogP contribution in [0.2, 0.25) is 5.02 Å². The Morgan fingerprint density at radius 3 is 2.82 bits per heavy atom. The molecule has 0 aliphatic heterocycles. The summed E-state index contributed by atoms with van der Waals surface area (Å²) in [6.07, 6.45) is 0. The number of nitrogens with one attached hydrogen (secondary N) is 1. The number of thiophene rings is 1. The summed E-state index contributed by atoms with van der Waals surface area (Å²) in [4.78, 5) is 17.6. The normalized spacial score (nSPS) is 10.7. The number of aromatic nitrogens is 1. The molecule has 0 radical (unpaired) electrons. The number of para-hydroxylation sites is 1. The first-order valence-corrected chi connectivity index (χ1v) is 8.88. The number of anilines is 2. The van der Waals surface area contributed by atoms with Gasteiger partial charge >= 0.3 is 0 Å². The maximum Gasteiger partial charge on any atom is 0.226 e. The van der Waals surface area contributed by atoms with E-state index in [1.807, 2.05) is 42.6 Å². The predicted octanol–water partition coefficient (Wildman–Crippen LogP) is 5.65. The van der Waals surface area contributed by atoms with Gasteiger partial charge in [-0.15, -0.1) is 22.7 Å². The number of hydrogen-bond donors (Lipinski definition) is 2. The summed E-state index contributed by atoms with van der Waals surface area (Å²) in [7, 11) is 0. The van der Waals surface area contributed by atoms with Crippen molar-refractivity contribution in [3.05, 3.63) is 50.5 Å². The van der Waals surface area contributed by atoms with E-state index in [1.165, 1.54) is 22.7 Å². The van der Waals surface area contributed by atoms with Crippen molar-refractivity contribution in [3.8, 4) is 11.3 Å². The monoisotopic (exact) mass is 366 g/mol. The Bertz CT molecular complexity index is 841. The second kappa shape index (κ2) is 6.42. The van der Waals surface area contributed by atoms with Crippen molar-refractivity contribution in [2.75, 3.05) is 5.32 Å². The van der Waals surface area contributed by atoms with E-state index in [2.05, 4.69) is 22.9 Å². The minimum Gasteiger partial charge on any atom is -0.330 e. The van der Waals surface area contributed by atoms with Crippen LogP contribution >= 0.6 is 46.9 Å². The molecule has 1 aromatic carbocycles. The summed E-state index contributed by atoms with van der Waals surface area (Å²) in [6.45, 7) is 1.97. The van der Waals surface area contributed by atoms with Gasteiger partial charge in [-0.25, -0.2) is 4.98 Å². The van der Waals surface area contributed by atoms with Gasteiger partial charge < -0.3 is 5.32 Å². The van der Waals surface area contributed by atoms with Crippen molar-refractivity contribution in [1.82, 2.24) is 4.98 Å². The highest BCUT2D eigenvalue weighted by Gasteiger charge is 2.14. The molecule has 7 heteroatoms. The molecule has 2 heterocycles. The second-order valence-electron chi connectivity index (χ2n) is 4.53. The number of aryl methyl sites for hydroxylation is 1. The lowest BCUT2D eigenvalue weighted by Gasteiger charge is -2.03. The number of nitrogens with zero attached hydrogens (tertiary/aromatic N) is 1. The van der Waals surface area contributed by atoms with Gasteiger partial charge in [-0.2, -0.15) is 0 Å². The molecule has 0 spiro atoms. The zero-order chi connectivity index (χ0) is 15.7. The maximum atomic E-state index is 11.4. The van der Waals surface area contributed by atoms with E-state index >= 15 is 0 Å². The number of carbonyl (C=O) groups is 1. The second-order valence-corrected chi connectivity index (χ2v) is 7.46. The number of rotatable bonds is 4. The van der Waals surface area contributed by atoms with Gasteiger partial charge in [0.05, 0.1) is 21.3 Å². The Kier molecular flexibility index (Phi) is 4.54. The third-order valence-corrected chi connectivity index (χ3v) is 5.55. The quantitative estimate of drug-likeness (QED) is 0.586. The Balaban J connectivity index is 1.88. The van der Waals surface area contributed by atoms with E-state index in [0.29, 0.717) is 9.90 Å². The molecule has 0 unspecified atom stereocenters. The van der Waals surface area contributed by atoms with Gasteiger partial charge in [0.25, 0.3) is 0 Å². The van der Waals surface area contributed by atoms with E-state index < -0.39 is 0 Å². The molecule has 0 saturated heterocycles. The molecule has 1 N–H and O–H groups in total. The first-order chi connectivity index (χ1) is 10.5. The van der Waals surface area contributed by atoms with Crippen LogP contribution < -0.4 is 5.32 Å². The first-order valence-electron chi connectivity index (χ1n) is 6.36. The highest BCUT2D eigenvalue weighted by atomic mass is 35.5. The Morgan fingerprint density at radius 2 is 2.14 bits per heavy atom. The molecule has 0 fully saturated rings. The number of benzene rings is 1. The van der Waals surface area contributed by atoms with Crippen molar-refractivity contribution in [2.45, 2.75) is 6.92 Å². The lowest BCUT2D eigenvalue weighted by atomic mass is 10.2. The number of thiol groups is 1. The van der Waals surface area contributed by atoms with Crippen molar-refractivity contribution >= 4 is 62.8 Å². The summed E-state index contributed by atoms with van der Waals surface area (Å²) < 4.78 is 0. The van der Waals surface area contributed by atoms with E-state index in [-0.39, 0.29) is 5.12 Å². The van der Waals surface area contributed by atoms with Gasteiger partial charge in [-0.05, 0) is 25.1 Å². The first kappa shape index (κ1) is 15.6. The van der Waals surface area contributed by atoms with Gasteiger partial charge in [0, 0.05) is 15.8 Å². The van der Waals surface area contributed by atoms with Gasteiger partial charge in [-0.1, -0.05) is 36.4 Å². The van der Waals surface area contributed by atoms with Crippen LogP contribution in [0.15, 0.2) is 35.7 Å². The maximum absolute atomic E-state index is 11.4. The highest BCUT2D eigenvalue weighted by Crippen LogP contribution is 2.35. The average Bonchev–Trinajstić information content (AvgIpc) is 3.08. The van der Waals surface area contributed by atoms with Crippen molar-refractivity contribution in [3.63, 3.8) is 0 Å². The number of halogens is 1. The van der Waals surface area contributed by atoms with Crippen LogP contribution in [0.4, 0.5) is 10.8 Å². The fourth-order valence-electron chi connectivity index (χ4n) is 1.97. The standard InChI is InChI=1S/C15H11ClN2OS3/c1-8-9(6-13(22-8)14(19)20)12-7-21-15(18-12)17-11-5-3-2-4-10(11)16/h2-7H,1H3,(H,17,18)(H,19,20). The minimum atomic E-state index is -0.219. The summed E-state index contributed by atoms with van der Waals surface area (Å²) in [6, 6.07) is 9.36. The SMILES string of the molecule is Cc1sc(C(=O)S)cc1-c1csc(Nc2ccccc2Cl)n1. The smallest absolute Gasteiger partial charge is 0.226 e. The molecule has 0 atom stereocenters. The lowest BCUT2D eigenvalue weighted by molar-refractivity contribution is 0.109. The third kappa shape index (κ3) is 3.20. The largest absolute Gasteiger partial charge is 0.330 e. The number of thiazole rings is 1. The van der Waals surface area contributed by atoms with Gasteiger partial charge in [0.15, 0.2) is 5.13 Å². The molecule has 0 aliphatic rings. The Hall–Kier alpha value is -1.34. The number of carbonyl (C=O) groups excluding carboxylic acids is 1. The molecule has 3 nitrogen and oxygen atoms in total. The lowest BCUT2D eigenvalue weighted by Crippen LogP contribution is -1.90. The van der Waals surface area contributed by atoms with Crippen LogP contribution in [-0.2, 0) is 0 Å². The molecule has 0 saturated carbocycles. The Labute approximate surface area is 146 Å². The van der Waals surface area contributed by atoms with E-state index in [4.69, 9.17) is 11.6 Å². The van der Waals surface area contributed by atoms with Gasteiger partial charge in [0.2, 0.25) is 5.12 Å². The topological polar surface area (TPSA) is 42.0 Å². The summed E-state index contributed by atoms with van der Waals surface area (Å²) >= 11 is 12.9. The van der Waals surface area contributed by atoms with Crippen LogP contribution in [0.25, 0.3) is 11.3 Å². The third-order valence-electron chi connectivity index (χ3n) is 3.02. The molecule has 0 aliphatic carbocycles. The van der Waals surface area contributed by atoms with Gasteiger partial charge in [0.1, 0.15) is 0 Å². The van der Waals surface area contributed by atoms with E-state index in [9.17, 15) is 4.79 Å². The van der Waals surface area contributed by atoms with Crippen molar-refractivity contribution < 1.29 is 4.79 Å². The van der Waals surface area contributed by atoms with E-state index in [1.54, 1.807) is 0 Å². The molecule has 22 heavy (non-hydrogen) atoms. The van der Waals surface area contributed by atoms with Crippen LogP contribution in [0.3, 0.4) is 0 Å². The van der Waals surface area contributed by atoms with E-state index in [0.717, 1.165) is 27.0 Å². The number of hydrogen-bond acceptors (Lipinski definition) is 5. The molecule has 2 aromatic heterocycles. The fourth-order valence-corrected chi connectivity index (χ4v) is 3.95. The molecule has 112 valence electrons. The fraction of sp³-hybridized carbons (Fsp3) is 0.0667. The molecule has 3 aromatic rings. The molecule has 0 bridgehead atoms. The van der Waals surface area contributed by atoms with Crippen LogP contribution in [0, 0.1) is 6.92 Å². The summed E-state index contributed by atoms with van der Waals surface area (Å²) in [5.41, 5.74) is 2.62. The summed E-state index contributed by atoms with van der Waals surface area (Å²) in [5.74, 6) is 0. The Morgan fingerprint density at radius 1 is 1.36 bits per heavy atom. The highest BCUT2D eigenvalue weighted by molar-refractivity contribution is 7.97. The van der Waals surface area contributed by atoms with Crippen molar-refractivity contribution in [2.24, 2.45) is 0 Å². The molecule has 3 rings (SSSR count). The molecular weight excluding hydrogens is 356 g/mol.